The number of esters is 1. The molecule has 4 nitrogen and oxygen atoms in total. The van der Waals surface area contributed by atoms with Crippen molar-refractivity contribution < 1.29 is 14.3 Å². The van der Waals surface area contributed by atoms with E-state index in [-0.39, 0.29) is 39.3 Å². The van der Waals surface area contributed by atoms with Crippen LogP contribution < -0.4 is 0 Å². The molecule has 0 aromatic rings. The third-order valence-corrected chi connectivity index (χ3v) is 11.1. The number of allylic oxidation sites excluding steroid dienone is 4. The quantitative estimate of drug-likeness (QED) is 0.354. The second-order valence-corrected chi connectivity index (χ2v) is 13.1. The SMILES string of the molecule is COC(=O)C12CCC3C(=CCC4C5(C)C=C(C#N)C(=O)CC5CCC34C)C1CC(C)(C)CC2. The highest BCUT2D eigenvalue weighted by Gasteiger charge is 2.63. The zero-order valence-electron chi connectivity index (χ0n) is 21.0. The maximum Gasteiger partial charge on any atom is 0.312 e. The summed E-state index contributed by atoms with van der Waals surface area (Å²) in [5.74, 6) is 1.53. The van der Waals surface area contributed by atoms with E-state index < -0.39 is 0 Å². The van der Waals surface area contributed by atoms with Crippen LogP contribution in [0.1, 0.15) is 85.5 Å². The Morgan fingerprint density at radius 1 is 1.09 bits per heavy atom. The Hall–Kier alpha value is -1.89. The van der Waals surface area contributed by atoms with Crippen LogP contribution in [0.25, 0.3) is 0 Å². The summed E-state index contributed by atoms with van der Waals surface area (Å²) >= 11 is 0. The number of hydrogen-bond acceptors (Lipinski definition) is 4. The summed E-state index contributed by atoms with van der Waals surface area (Å²) in [6.45, 7) is 9.50. The summed E-state index contributed by atoms with van der Waals surface area (Å²) in [5, 5.41) is 9.60. The fraction of sp³-hybridized carbons (Fsp3) is 0.759. The van der Waals surface area contributed by atoms with E-state index in [1.54, 1.807) is 7.11 Å². The Bertz CT molecular complexity index is 999. The van der Waals surface area contributed by atoms with Crippen molar-refractivity contribution in [2.24, 2.45) is 45.3 Å². The van der Waals surface area contributed by atoms with Crippen LogP contribution in [0.4, 0.5) is 0 Å². The Labute approximate surface area is 198 Å². The van der Waals surface area contributed by atoms with E-state index in [1.807, 2.05) is 0 Å². The van der Waals surface area contributed by atoms with Gasteiger partial charge in [0.2, 0.25) is 0 Å². The van der Waals surface area contributed by atoms with Crippen LogP contribution in [0, 0.1) is 56.7 Å². The highest BCUT2D eigenvalue weighted by Crippen LogP contribution is 2.69. The molecule has 5 aliphatic rings. The molecule has 0 amide bonds. The van der Waals surface area contributed by atoms with Crippen LogP contribution in [-0.4, -0.2) is 18.9 Å². The van der Waals surface area contributed by atoms with E-state index >= 15 is 0 Å². The summed E-state index contributed by atoms with van der Waals surface area (Å²) < 4.78 is 5.41. The van der Waals surface area contributed by atoms with Crippen molar-refractivity contribution >= 4 is 11.8 Å². The van der Waals surface area contributed by atoms with E-state index in [0.717, 1.165) is 51.4 Å². The number of fused-ring (bicyclic) bond motifs is 7. The highest BCUT2D eigenvalue weighted by atomic mass is 16.5. The van der Waals surface area contributed by atoms with Crippen molar-refractivity contribution in [3.63, 3.8) is 0 Å². The number of hydrogen-bond donors (Lipinski definition) is 0. The van der Waals surface area contributed by atoms with Crippen LogP contribution in [-0.2, 0) is 14.3 Å². The van der Waals surface area contributed by atoms with Crippen molar-refractivity contribution in [3.05, 3.63) is 23.3 Å². The monoisotopic (exact) mass is 449 g/mol. The van der Waals surface area contributed by atoms with Crippen molar-refractivity contribution in [2.45, 2.75) is 85.5 Å². The first-order valence-electron chi connectivity index (χ1n) is 13.0. The lowest BCUT2D eigenvalue weighted by Crippen LogP contribution is -2.58. The minimum absolute atomic E-state index is 0.00214. The summed E-state index contributed by atoms with van der Waals surface area (Å²) in [7, 11) is 1.55. The van der Waals surface area contributed by atoms with Gasteiger partial charge in [0, 0.05) is 6.42 Å². The van der Waals surface area contributed by atoms with Crippen molar-refractivity contribution in [2.75, 3.05) is 7.11 Å². The van der Waals surface area contributed by atoms with E-state index in [1.165, 1.54) is 5.57 Å². The first-order chi connectivity index (χ1) is 15.5. The van der Waals surface area contributed by atoms with Crippen LogP contribution >= 0.6 is 0 Å². The van der Waals surface area contributed by atoms with Gasteiger partial charge in [-0.1, -0.05) is 45.4 Å². The molecule has 5 rings (SSSR count). The molecule has 0 spiro atoms. The van der Waals surface area contributed by atoms with Crippen molar-refractivity contribution in [1.29, 1.82) is 5.26 Å². The minimum Gasteiger partial charge on any atom is -0.469 e. The molecule has 7 unspecified atom stereocenters. The van der Waals surface area contributed by atoms with Crippen LogP contribution in [0.15, 0.2) is 23.3 Å². The molecule has 0 saturated heterocycles. The van der Waals surface area contributed by atoms with Crippen molar-refractivity contribution in [3.8, 4) is 6.07 Å². The predicted octanol–water partition coefficient (Wildman–Crippen LogP) is 6.17. The van der Waals surface area contributed by atoms with E-state index in [9.17, 15) is 14.9 Å². The van der Waals surface area contributed by atoms with E-state index in [2.05, 4.69) is 45.9 Å². The summed E-state index contributed by atoms with van der Waals surface area (Å²) in [6, 6.07) is 2.19. The van der Waals surface area contributed by atoms with Gasteiger partial charge in [-0.25, -0.2) is 0 Å². The normalized spacial score (nSPS) is 45.8. The molecule has 0 aromatic carbocycles. The fourth-order valence-electron chi connectivity index (χ4n) is 9.20. The minimum atomic E-state index is -0.359. The van der Waals surface area contributed by atoms with Gasteiger partial charge in [-0.15, -0.1) is 0 Å². The largest absolute Gasteiger partial charge is 0.469 e. The molecule has 0 aliphatic heterocycles. The van der Waals surface area contributed by atoms with Gasteiger partial charge in [0.25, 0.3) is 0 Å². The Balaban J connectivity index is 1.58. The molecule has 0 radical (unpaired) electrons. The molecule has 33 heavy (non-hydrogen) atoms. The van der Waals surface area contributed by atoms with Gasteiger partial charge in [-0.3, -0.25) is 9.59 Å². The molecular weight excluding hydrogens is 410 g/mol. The molecule has 5 aliphatic carbocycles. The Morgan fingerprint density at radius 2 is 1.85 bits per heavy atom. The smallest absolute Gasteiger partial charge is 0.312 e. The van der Waals surface area contributed by atoms with Gasteiger partial charge in [0.1, 0.15) is 6.07 Å². The van der Waals surface area contributed by atoms with Gasteiger partial charge in [0.15, 0.2) is 5.78 Å². The lowest BCUT2D eigenvalue weighted by molar-refractivity contribution is -0.166. The van der Waals surface area contributed by atoms with Crippen LogP contribution in [0.2, 0.25) is 0 Å². The number of nitriles is 1. The predicted molar refractivity (Wildman–Crippen MR) is 127 cm³/mol. The molecule has 178 valence electrons. The lowest BCUT2D eigenvalue weighted by atomic mass is 9.39. The number of rotatable bonds is 1. The van der Waals surface area contributed by atoms with Gasteiger partial charge >= 0.3 is 5.97 Å². The second kappa shape index (κ2) is 7.30. The molecule has 3 saturated carbocycles. The number of Topliss-reactive ketones (excluding diaryl/α,β-unsaturated/α-hetero) is 1. The standard InChI is InChI=1S/C29H39NO3/c1-26(2)12-13-29(25(32)33-5)11-9-21-20(22(29)16-26)6-7-24-27(21,3)10-8-19-14-23(31)18(17-30)15-28(19,24)4/h6,15,19,21-22,24H,7-14,16H2,1-5H3. The average Bonchev–Trinajstić information content (AvgIpc) is 2.78. The number of carbonyl (C=O) groups excluding carboxylic acids is 2. The summed E-state index contributed by atoms with van der Waals surface area (Å²) in [6.07, 6.45) is 13.2. The summed E-state index contributed by atoms with van der Waals surface area (Å²) in [4.78, 5) is 25.7. The Kier molecular flexibility index (Phi) is 5.06. The molecule has 0 aromatic heterocycles. The number of ketones is 1. The zero-order chi connectivity index (χ0) is 23.8. The zero-order valence-corrected chi connectivity index (χ0v) is 21.0. The molecular formula is C29H39NO3. The molecule has 0 bridgehead atoms. The van der Waals surface area contributed by atoms with Crippen LogP contribution in [0.3, 0.4) is 0 Å². The summed E-state index contributed by atoms with van der Waals surface area (Å²) in [5.41, 5.74) is 1.79. The van der Waals surface area contributed by atoms with Gasteiger partial charge in [-0.2, -0.15) is 5.26 Å². The molecule has 3 fully saturated rings. The Morgan fingerprint density at radius 3 is 2.55 bits per heavy atom. The number of methoxy groups -OCH3 is 1. The van der Waals surface area contributed by atoms with Crippen molar-refractivity contribution in [1.82, 2.24) is 0 Å². The van der Waals surface area contributed by atoms with Gasteiger partial charge in [0.05, 0.1) is 18.1 Å². The molecule has 7 atom stereocenters. The first kappa shape index (κ1) is 22.9. The van der Waals surface area contributed by atoms with Gasteiger partial charge < -0.3 is 4.74 Å². The lowest BCUT2D eigenvalue weighted by Gasteiger charge is -2.64. The van der Waals surface area contributed by atoms with Gasteiger partial charge in [-0.05, 0) is 91.3 Å². The fourth-order valence-corrected chi connectivity index (χ4v) is 9.20. The number of carbonyl (C=O) groups is 2. The third kappa shape index (κ3) is 3.06. The van der Waals surface area contributed by atoms with E-state index in [0.29, 0.717) is 29.7 Å². The van der Waals surface area contributed by atoms with Crippen LogP contribution in [0.5, 0.6) is 0 Å². The molecule has 0 heterocycles. The van der Waals surface area contributed by atoms with E-state index in [4.69, 9.17) is 4.74 Å². The third-order valence-electron chi connectivity index (χ3n) is 11.1. The highest BCUT2D eigenvalue weighted by molar-refractivity contribution is 6.00. The number of ether oxygens (including phenoxy) is 1. The average molecular weight is 450 g/mol. The number of nitrogens with zero attached hydrogens (tertiary/aromatic N) is 1. The maximum absolute atomic E-state index is 13.2. The second-order valence-electron chi connectivity index (χ2n) is 13.1. The topological polar surface area (TPSA) is 67.2 Å². The first-order valence-corrected chi connectivity index (χ1v) is 13.0. The molecule has 4 heteroatoms. The molecule has 0 N–H and O–H groups in total. The maximum atomic E-state index is 13.2.